The van der Waals surface area contributed by atoms with Gasteiger partial charge in [0.05, 0.1) is 17.7 Å². The molecule has 0 aliphatic heterocycles. The Hall–Kier alpha value is -2.37. The van der Waals surface area contributed by atoms with Gasteiger partial charge in [-0.2, -0.15) is 0 Å². The molecular weight excluding hydrogens is 528 g/mol. The molecule has 42 heavy (non-hydrogen) atoms. The van der Waals surface area contributed by atoms with Crippen molar-refractivity contribution in [2.24, 2.45) is 17.8 Å². The van der Waals surface area contributed by atoms with E-state index in [1.807, 2.05) is 0 Å². The minimum Gasteiger partial charge on any atom is -0.463 e. The van der Waals surface area contributed by atoms with E-state index in [1.54, 1.807) is 24.3 Å². The molecule has 2 fully saturated rings. The van der Waals surface area contributed by atoms with E-state index in [0.29, 0.717) is 12.2 Å². The minimum absolute atomic E-state index is 0.0347. The molecule has 6 nitrogen and oxygen atoms in total. The lowest BCUT2D eigenvalue weighted by Crippen LogP contribution is -2.29. The second-order valence-corrected chi connectivity index (χ2v) is 12.8. The Morgan fingerprint density at radius 1 is 0.690 bits per heavy atom. The summed E-state index contributed by atoms with van der Waals surface area (Å²) in [5.74, 6) is 1.06. The molecule has 3 rings (SSSR count). The van der Waals surface area contributed by atoms with Crippen LogP contribution in [0, 0.1) is 17.8 Å². The average molecular weight is 585 g/mol. The summed E-state index contributed by atoms with van der Waals surface area (Å²) in [6, 6.07) is 6.27. The molecule has 0 saturated heterocycles. The molecule has 2 aliphatic rings. The summed E-state index contributed by atoms with van der Waals surface area (Å²) in [6.07, 6.45) is 20.7. The van der Waals surface area contributed by atoms with Crippen molar-refractivity contribution in [3.05, 3.63) is 35.4 Å². The summed E-state index contributed by atoms with van der Waals surface area (Å²) in [4.78, 5) is 37.5. The monoisotopic (exact) mass is 584 g/mol. The Balaban J connectivity index is 1.31. The van der Waals surface area contributed by atoms with Gasteiger partial charge in [0.15, 0.2) is 6.10 Å². The van der Waals surface area contributed by atoms with E-state index in [1.165, 1.54) is 77.6 Å². The minimum atomic E-state index is -0.988. The Kier molecular flexibility index (Phi) is 15.5. The summed E-state index contributed by atoms with van der Waals surface area (Å²) in [5, 5.41) is 0. The highest BCUT2D eigenvalue weighted by Gasteiger charge is 2.32. The molecular formula is C36H56O6. The molecule has 0 bridgehead atoms. The highest BCUT2D eigenvalue weighted by atomic mass is 16.6. The number of rotatable bonds is 17. The standard InChI is InChI=1S/C36H56O6/c1-4-6-7-8-9-10-11-12-26-40-34(37)27(3)41-35(38)31-18-20-32(21-19-31)36(39)42-33-24-22-30(23-25-33)29-16-14-28(13-5-2)15-17-29/h18-21,27-30,33H,4-17,22-26H2,1-3H3/t27-,28?,29?,30?,33?/m1/s1. The smallest absolute Gasteiger partial charge is 0.347 e. The van der Waals surface area contributed by atoms with Gasteiger partial charge in [-0.05, 0) is 93.9 Å². The lowest BCUT2D eigenvalue weighted by molar-refractivity contribution is -0.153. The topological polar surface area (TPSA) is 78.9 Å². The Bertz CT molecular complexity index is 925. The van der Waals surface area contributed by atoms with Crippen molar-refractivity contribution >= 4 is 17.9 Å². The highest BCUT2D eigenvalue weighted by molar-refractivity contribution is 5.94. The van der Waals surface area contributed by atoms with Crippen LogP contribution in [0.3, 0.4) is 0 Å². The Labute approximate surface area is 254 Å². The first-order chi connectivity index (χ1) is 20.4. The summed E-state index contributed by atoms with van der Waals surface area (Å²) in [5.41, 5.74) is 0.698. The molecule has 2 aliphatic carbocycles. The van der Waals surface area contributed by atoms with E-state index in [2.05, 4.69) is 13.8 Å². The van der Waals surface area contributed by atoms with Crippen LogP contribution in [-0.4, -0.2) is 36.7 Å². The third-order valence-electron chi connectivity index (χ3n) is 9.46. The molecule has 1 atom stereocenters. The lowest BCUT2D eigenvalue weighted by atomic mass is 9.70. The van der Waals surface area contributed by atoms with Crippen LogP contribution in [0.5, 0.6) is 0 Å². The van der Waals surface area contributed by atoms with Crippen molar-refractivity contribution in [1.82, 2.24) is 0 Å². The molecule has 0 heterocycles. The van der Waals surface area contributed by atoms with Crippen molar-refractivity contribution in [3.8, 4) is 0 Å². The van der Waals surface area contributed by atoms with E-state index in [0.717, 1.165) is 62.7 Å². The zero-order valence-electron chi connectivity index (χ0n) is 26.6. The predicted octanol–water partition coefficient (Wildman–Crippen LogP) is 9.24. The van der Waals surface area contributed by atoms with Gasteiger partial charge < -0.3 is 14.2 Å². The molecule has 2 saturated carbocycles. The second kappa shape index (κ2) is 19.0. The maximum Gasteiger partial charge on any atom is 0.347 e. The molecule has 0 amide bonds. The fraction of sp³-hybridized carbons (Fsp3) is 0.750. The van der Waals surface area contributed by atoms with Crippen LogP contribution in [0.4, 0.5) is 0 Å². The third kappa shape index (κ3) is 11.7. The van der Waals surface area contributed by atoms with Crippen molar-refractivity contribution in [1.29, 1.82) is 0 Å². The number of carbonyl (C=O) groups excluding carboxylic acids is 3. The molecule has 1 aromatic carbocycles. The van der Waals surface area contributed by atoms with Gasteiger partial charge in [0, 0.05) is 0 Å². The SMILES string of the molecule is CCCCCCCCCCOC(=O)[C@@H](C)OC(=O)c1ccc(C(=O)OC2CCC(C3CCC(CCC)CC3)CC2)cc1. The summed E-state index contributed by atoms with van der Waals surface area (Å²) >= 11 is 0. The van der Waals surface area contributed by atoms with E-state index >= 15 is 0 Å². The number of hydrogen-bond acceptors (Lipinski definition) is 6. The van der Waals surface area contributed by atoms with Crippen LogP contribution in [0.25, 0.3) is 0 Å². The van der Waals surface area contributed by atoms with Crippen LogP contribution in [0.15, 0.2) is 24.3 Å². The molecule has 0 N–H and O–H groups in total. The summed E-state index contributed by atoms with van der Waals surface area (Å²) in [6.45, 7) is 6.36. The normalized spacial score (nSPS) is 23.1. The maximum absolute atomic E-state index is 12.8. The van der Waals surface area contributed by atoms with Crippen molar-refractivity contribution < 1.29 is 28.6 Å². The fourth-order valence-corrected chi connectivity index (χ4v) is 6.80. The summed E-state index contributed by atoms with van der Waals surface area (Å²) in [7, 11) is 0. The molecule has 0 aromatic heterocycles. The Morgan fingerprint density at radius 2 is 1.21 bits per heavy atom. The molecule has 0 radical (unpaired) electrons. The number of hydrogen-bond donors (Lipinski definition) is 0. The van der Waals surface area contributed by atoms with E-state index in [4.69, 9.17) is 14.2 Å². The predicted molar refractivity (Wildman–Crippen MR) is 166 cm³/mol. The van der Waals surface area contributed by atoms with Crippen molar-refractivity contribution in [3.63, 3.8) is 0 Å². The zero-order valence-corrected chi connectivity index (χ0v) is 26.6. The van der Waals surface area contributed by atoms with E-state index in [9.17, 15) is 14.4 Å². The van der Waals surface area contributed by atoms with E-state index < -0.39 is 18.0 Å². The van der Waals surface area contributed by atoms with Crippen LogP contribution in [0.1, 0.15) is 157 Å². The molecule has 1 aromatic rings. The van der Waals surface area contributed by atoms with E-state index in [-0.39, 0.29) is 17.6 Å². The van der Waals surface area contributed by atoms with Crippen LogP contribution in [-0.2, 0) is 19.0 Å². The first kappa shape index (κ1) is 34.1. The third-order valence-corrected chi connectivity index (χ3v) is 9.46. The number of carbonyl (C=O) groups is 3. The first-order valence-electron chi connectivity index (χ1n) is 17.1. The lowest BCUT2D eigenvalue weighted by Gasteiger charge is -2.37. The van der Waals surface area contributed by atoms with Gasteiger partial charge in [0.25, 0.3) is 0 Å². The van der Waals surface area contributed by atoms with Gasteiger partial charge in [-0.25, -0.2) is 14.4 Å². The van der Waals surface area contributed by atoms with Gasteiger partial charge in [0.2, 0.25) is 0 Å². The van der Waals surface area contributed by atoms with Gasteiger partial charge >= 0.3 is 17.9 Å². The number of unbranched alkanes of at least 4 members (excludes halogenated alkanes) is 7. The largest absolute Gasteiger partial charge is 0.463 e. The molecule has 0 spiro atoms. The van der Waals surface area contributed by atoms with Gasteiger partial charge in [-0.15, -0.1) is 0 Å². The first-order valence-corrected chi connectivity index (χ1v) is 17.1. The number of ether oxygens (including phenoxy) is 3. The van der Waals surface area contributed by atoms with Gasteiger partial charge in [-0.1, -0.05) is 84.5 Å². The van der Waals surface area contributed by atoms with Crippen LogP contribution in [0.2, 0.25) is 0 Å². The van der Waals surface area contributed by atoms with Crippen LogP contribution < -0.4 is 0 Å². The molecule has 236 valence electrons. The maximum atomic E-state index is 12.8. The summed E-state index contributed by atoms with van der Waals surface area (Å²) < 4.78 is 16.4. The zero-order chi connectivity index (χ0) is 30.2. The van der Waals surface area contributed by atoms with Crippen molar-refractivity contribution in [2.45, 2.75) is 149 Å². The van der Waals surface area contributed by atoms with Gasteiger partial charge in [0.1, 0.15) is 6.10 Å². The number of benzene rings is 1. The Morgan fingerprint density at radius 3 is 1.79 bits per heavy atom. The second-order valence-electron chi connectivity index (χ2n) is 12.8. The van der Waals surface area contributed by atoms with Crippen LogP contribution >= 0.6 is 0 Å². The molecule has 0 unspecified atom stereocenters. The number of esters is 3. The highest BCUT2D eigenvalue weighted by Crippen LogP contribution is 2.41. The van der Waals surface area contributed by atoms with Gasteiger partial charge in [-0.3, -0.25) is 0 Å². The van der Waals surface area contributed by atoms with Crippen molar-refractivity contribution in [2.75, 3.05) is 6.61 Å². The average Bonchev–Trinajstić information content (AvgIpc) is 3.01. The molecule has 6 heteroatoms. The fourth-order valence-electron chi connectivity index (χ4n) is 6.80. The quantitative estimate of drug-likeness (QED) is 0.103.